The van der Waals surface area contributed by atoms with E-state index >= 15 is 0 Å². The molecule has 0 aliphatic carbocycles. The summed E-state index contributed by atoms with van der Waals surface area (Å²) in [6.07, 6.45) is 4.27. The maximum absolute atomic E-state index is 12.0. The van der Waals surface area contributed by atoms with Crippen LogP contribution in [-0.4, -0.2) is 5.97 Å². The SMILES string of the molecule is CCCCCC(C)C(=O)Oc1ccc(OCc2ccccc2)cc1. The highest BCUT2D eigenvalue weighted by Crippen LogP contribution is 2.20. The molecular weight excluding hydrogens is 300 g/mol. The van der Waals surface area contributed by atoms with Gasteiger partial charge in [0.2, 0.25) is 0 Å². The van der Waals surface area contributed by atoms with E-state index in [2.05, 4.69) is 6.92 Å². The van der Waals surface area contributed by atoms with E-state index < -0.39 is 0 Å². The van der Waals surface area contributed by atoms with Gasteiger partial charge in [0.05, 0.1) is 5.92 Å². The summed E-state index contributed by atoms with van der Waals surface area (Å²) in [7, 11) is 0. The molecule has 0 saturated heterocycles. The molecule has 0 aliphatic heterocycles. The zero-order valence-corrected chi connectivity index (χ0v) is 14.5. The average Bonchev–Trinajstić information content (AvgIpc) is 2.62. The fourth-order valence-electron chi connectivity index (χ4n) is 2.38. The smallest absolute Gasteiger partial charge is 0.314 e. The first-order chi connectivity index (χ1) is 11.7. The molecule has 0 amide bonds. The number of hydrogen-bond acceptors (Lipinski definition) is 3. The van der Waals surface area contributed by atoms with Crippen molar-refractivity contribution in [2.45, 2.75) is 46.1 Å². The molecule has 0 aromatic heterocycles. The summed E-state index contributed by atoms with van der Waals surface area (Å²) in [5.41, 5.74) is 1.12. The van der Waals surface area contributed by atoms with Gasteiger partial charge in [0.25, 0.3) is 0 Å². The fraction of sp³-hybridized carbons (Fsp3) is 0.381. The van der Waals surface area contributed by atoms with Crippen LogP contribution in [-0.2, 0) is 11.4 Å². The monoisotopic (exact) mass is 326 g/mol. The molecule has 2 aromatic rings. The lowest BCUT2D eigenvalue weighted by atomic mass is 10.0. The lowest BCUT2D eigenvalue weighted by Crippen LogP contribution is -2.17. The molecule has 24 heavy (non-hydrogen) atoms. The summed E-state index contributed by atoms with van der Waals surface area (Å²) in [6, 6.07) is 17.2. The van der Waals surface area contributed by atoms with E-state index in [-0.39, 0.29) is 11.9 Å². The van der Waals surface area contributed by atoms with E-state index in [9.17, 15) is 4.79 Å². The molecular formula is C21H26O3. The Balaban J connectivity index is 1.80. The molecule has 0 bridgehead atoms. The molecule has 0 N–H and O–H groups in total. The highest BCUT2D eigenvalue weighted by atomic mass is 16.5. The summed E-state index contributed by atoms with van der Waals surface area (Å²) in [6.45, 7) is 4.61. The number of benzene rings is 2. The van der Waals surface area contributed by atoms with Crippen molar-refractivity contribution < 1.29 is 14.3 Å². The van der Waals surface area contributed by atoms with Crippen LogP contribution in [0.2, 0.25) is 0 Å². The molecule has 0 spiro atoms. The number of unbranched alkanes of at least 4 members (excludes halogenated alkanes) is 2. The number of ether oxygens (including phenoxy) is 2. The van der Waals surface area contributed by atoms with Crippen molar-refractivity contribution in [1.29, 1.82) is 0 Å². The number of hydrogen-bond donors (Lipinski definition) is 0. The van der Waals surface area contributed by atoms with Crippen molar-refractivity contribution in [1.82, 2.24) is 0 Å². The third-order valence-electron chi connectivity index (χ3n) is 3.93. The Bertz CT molecular complexity index is 605. The van der Waals surface area contributed by atoms with Crippen LogP contribution in [0.5, 0.6) is 11.5 Å². The summed E-state index contributed by atoms with van der Waals surface area (Å²) >= 11 is 0. The van der Waals surface area contributed by atoms with Crippen LogP contribution < -0.4 is 9.47 Å². The lowest BCUT2D eigenvalue weighted by Gasteiger charge is -2.11. The first kappa shape index (κ1) is 18.1. The topological polar surface area (TPSA) is 35.5 Å². The van der Waals surface area contributed by atoms with E-state index in [0.29, 0.717) is 12.4 Å². The molecule has 2 aromatic carbocycles. The number of rotatable bonds is 9. The molecule has 0 aliphatic rings. The van der Waals surface area contributed by atoms with Gasteiger partial charge in [0, 0.05) is 0 Å². The molecule has 3 heteroatoms. The number of carbonyl (C=O) groups excluding carboxylic acids is 1. The minimum Gasteiger partial charge on any atom is -0.489 e. The summed E-state index contributed by atoms with van der Waals surface area (Å²) < 4.78 is 11.2. The van der Waals surface area contributed by atoms with E-state index in [4.69, 9.17) is 9.47 Å². The van der Waals surface area contributed by atoms with Crippen molar-refractivity contribution >= 4 is 5.97 Å². The summed E-state index contributed by atoms with van der Waals surface area (Å²) in [4.78, 5) is 12.0. The molecule has 0 saturated carbocycles. The Morgan fingerprint density at radius 3 is 2.29 bits per heavy atom. The van der Waals surface area contributed by atoms with Crippen LogP contribution in [0, 0.1) is 5.92 Å². The highest BCUT2D eigenvalue weighted by molar-refractivity contribution is 5.74. The molecule has 0 radical (unpaired) electrons. The van der Waals surface area contributed by atoms with Gasteiger partial charge in [-0.2, -0.15) is 0 Å². The van der Waals surface area contributed by atoms with E-state index in [1.165, 1.54) is 0 Å². The third-order valence-corrected chi connectivity index (χ3v) is 3.93. The van der Waals surface area contributed by atoms with Gasteiger partial charge in [0.1, 0.15) is 18.1 Å². The Labute approximate surface area is 144 Å². The van der Waals surface area contributed by atoms with Crippen LogP contribution in [0.15, 0.2) is 54.6 Å². The zero-order valence-electron chi connectivity index (χ0n) is 14.5. The van der Waals surface area contributed by atoms with Crippen LogP contribution in [0.3, 0.4) is 0 Å². The van der Waals surface area contributed by atoms with Crippen LogP contribution >= 0.6 is 0 Å². The normalized spacial score (nSPS) is 11.8. The Morgan fingerprint density at radius 2 is 1.62 bits per heavy atom. The predicted molar refractivity (Wildman–Crippen MR) is 96.2 cm³/mol. The molecule has 2 rings (SSSR count). The van der Waals surface area contributed by atoms with E-state index in [0.717, 1.165) is 37.0 Å². The first-order valence-corrected chi connectivity index (χ1v) is 8.67. The molecule has 0 heterocycles. The predicted octanol–water partition coefficient (Wildman–Crippen LogP) is 5.39. The number of esters is 1. The van der Waals surface area contributed by atoms with Crippen LogP contribution in [0.25, 0.3) is 0 Å². The van der Waals surface area contributed by atoms with Crippen molar-refractivity contribution in [3.05, 3.63) is 60.2 Å². The maximum Gasteiger partial charge on any atom is 0.314 e. The van der Waals surface area contributed by atoms with Gasteiger partial charge in [-0.1, -0.05) is 63.4 Å². The van der Waals surface area contributed by atoms with Crippen molar-refractivity contribution in [3.63, 3.8) is 0 Å². The molecule has 1 atom stereocenters. The second-order valence-electron chi connectivity index (χ2n) is 6.06. The van der Waals surface area contributed by atoms with Gasteiger partial charge < -0.3 is 9.47 Å². The summed E-state index contributed by atoms with van der Waals surface area (Å²) in [5.74, 6) is 1.10. The molecule has 3 nitrogen and oxygen atoms in total. The first-order valence-electron chi connectivity index (χ1n) is 8.67. The van der Waals surface area contributed by atoms with Gasteiger partial charge >= 0.3 is 5.97 Å². The molecule has 128 valence electrons. The molecule has 1 unspecified atom stereocenters. The lowest BCUT2D eigenvalue weighted by molar-refractivity contribution is -0.138. The zero-order chi connectivity index (χ0) is 17.2. The van der Waals surface area contributed by atoms with Crippen molar-refractivity contribution in [2.24, 2.45) is 5.92 Å². The largest absolute Gasteiger partial charge is 0.489 e. The van der Waals surface area contributed by atoms with E-state index in [1.807, 2.05) is 49.4 Å². The van der Waals surface area contributed by atoms with E-state index in [1.54, 1.807) is 12.1 Å². The summed E-state index contributed by atoms with van der Waals surface area (Å²) in [5, 5.41) is 0. The van der Waals surface area contributed by atoms with Gasteiger partial charge in [-0.15, -0.1) is 0 Å². The van der Waals surface area contributed by atoms with Crippen molar-refractivity contribution in [3.8, 4) is 11.5 Å². The number of carbonyl (C=O) groups is 1. The Morgan fingerprint density at radius 1 is 0.958 bits per heavy atom. The second kappa shape index (κ2) is 9.76. The average molecular weight is 326 g/mol. The Hall–Kier alpha value is -2.29. The second-order valence-corrected chi connectivity index (χ2v) is 6.06. The van der Waals surface area contributed by atoms with Gasteiger partial charge in [-0.05, 0) is 36.2 Å². The quantitative estimate of drug-likeness (QED) is 0.352. The van der Waals surface area contributed by atoms with Gasteiger partial charge in [0.15, 0.2) is 0 Å². The standard InChI is InChI=1S/C21H26O3/c1-3-4-6-9-17(2)21(22)24-20-14-12-19(13-15-20)23-16-18-10-7-5-8-11-18/h5,7-8,10-15,17H,3-4,6,9,16H2,1-2H3. The highest BCUT2D eigenvalue weighted by Gasteiger charge is 2.14. The van der Waals surface area contributed by atoms with Crippen LogP contribution in [0.1, 0.15) is 45.1 Å². The van der Waals surface area contributed by atoms with Crippen LogP contribution in [0.4, 0.5) is 0 Å². The van der Waals surface area contributed by atoms with Gasteiger partial charge in [-0.3, -0.25) is 4.79 Å². The molecule has 0 fully saturated rings. The minimum atomic E-state index is -0.163. The van der Waals surface area contributed by atoms with Gasteiger partial charge in [-0.25, -0.2) is 0 Å². The van der Waals surface area contributed by atoms with Crippen molar-refractivity contribution in [2.75, 3.05) is 0 Å². The minimum absolute atomic E-state index is 0.0643. The maximum atomic E-state index is 12.0. The fourth-order valence-corrected chi connectivity index (χ4v) is 2.38. The third kappa shape index (κ3) is 6.07. The Kier molecular flexibility index (Phi) is 7.34.